The second-order valence-corrected chi connectivity index (χ2v) is 12.1. The Morgan fingerprint density at radius 2 is 1.64 bits per heavy atom. The summed E-state index contributed by atoms with van der Waals surface area (Å²) >= 11 is 0. The molecule has 1 aromatic carbocycles. The average molecular weight is 510 g/mol. The number of rotatable bonds is 6. The number of hydrogen-bond acceptors (Lipinski definition) is 3. The molecule has 1 aromatic rings. The van der Waals surface area contributed by atoms with E-state index in [9.17, 15) is 27.9 Å². The highest BCUT2D eigenvalue weighted by Gasteiger charge is 2.52. The van der Waals surface area contributed by atoms with Crippen LogP contribution in [-0.4, -0.2) is 47.3 Å². The first-order valence-corrected chi connectivity index (χ1v) is 13.1. The van der Waals surface area contributed by atoms with Gasteiger partial charge in [-0.3, -0.25) is 4.79 Å². The fourth-order valence-corrected chi connectivity index (χ4v) is 7.96. The van der Waals surface area contributed by atoms with Gasteiger partial charge >= 0.3 is 12.1 Å². The normalized spacial score (nSPS) is 35.3. The molecular formula is C27H31F4NO4. The highest BCUT2D eigenvalue weighted by Crippen LogP contribution is 2.60. The lowest BCUT2D eigenvalue weighted by atomic mass is 9.50. The van der Waals surface area contributed by atoms with Gasteiger partial charge in [0.25, 0.3) is 5.91 Å². The molecule has 0 radical (unpaired) electrons. The molecule has 0 aromatic heterocycles. The smallest absolute Gasteiger partial charge is 0.393 e. The number of likely N-dealkylation sites (tertiary alicyclic amines) is 1. The second-order valence-electron chi connectivity index (χ2n) is 12.1. The number of carbonyl (C=O) groups is 2. The zero-order valence-electron chi connectivity index (χ0n) is 20.0. The molecule has 9 heteroatoms. The molecule has 196 valence electrons. The van der Waals surface area contributed by atoms with Crippen LogP contribution < -0.4 is 4.74 Å². The van der Waals surface area contributed by atoms with E-state index in [0.29, 0.717) is 22.8 Å². The molecule has 5 aliphatic carbocycles. The quantitative estimate of drug-likeness (QED) is 0.494. The Bertz CT molecular complexity index is 1050. The van der Waals surface area contributed by atoms with Gasteiger partial charge in [0, 0.05) is 18.0 Å². The molecule has 0 spiro atoms. The fraction of sp³-hybridized carbons (Fsp3) is 0.704. The Balaban J connectivity index is 1.24. The van der Waals surface area contributed by atoms with E-state index in [1.54, 1.807) is 0 Å². The van der Waals surface area contributed by atoms with Crippen LogP contribution >= 0.6 is 0 Å². The number of amides is 1. The zero-order valence-corrected chi connectivity index (χ0v) is 20.0. The number of hydrogen-bond donors (Lipinski definition) is 1. The number of ether oxygens (including phenoxy) is 1. The first-order valence-electron chi connectivity index (χ1n) is 13.1. The van der Waals surface area contributed by atoms with Gasteiger partial charge in [-0.1, -0.05) is 0 Å². The molecule has 1 aliphatic heterocycles. The molecule has 1 N–H and O–H groups in total. The summed E-state index contributed by atoms with van der Waals surface area (Å²) in [6.45, 7) is -0.273. The SMILES string of the molecule is O=C(O)[C@@H]1C[C@H](C(F)(F)F)CN1C(=O)c1cc(C2CC2)c(OCC23CC4CC(CC(C4)C2)C3)cc1F. The van der Waals surface area contributed by atoms with Crippen molar-refractivity contribution in [2.45, 2.75) is 75.9 Å². The predicted molar refractivity (Wildman–Crippen MR) is 121 cm³/mol. The third-order valence-electron chi connectivity index (χ3n) is 9.36. The Kier molecular flexibility index (Phi) is 5.58. The summed E-state index contributed by atoms with van der Waals surface area (Å²) < 4.78 is 61.4. The lowest BCUT2D eigenvalue weighted by Gasteiger charge is -2.56. The first-order chi connectivity index (χ1) is 17.0. The Hall–Kier alpha value is -2.32. The second kappa shape index (κ2) is 8.35. The number of alkyl halides is 3. The van der Waals surface area contributed by atoms with E-state index in [-0.39, 0.29) is 16.9 Å². The van der Waals surface area contributed by atoms with Crippen LogP contribution in [0.2, 0.25) is 0 Å². The summed E-state index contributed by atoms with van der Waals surface area (Å²) in [6.07, 6.45) is 3.72. The van der Waals surface area contributed by atoms with E-state index in [1.165, 1.54) is 31.4 Å². The van der Waals surface area contributed by atoms with E-state index >= 15 is 4.39 Å². The van der Waals surface area contributed by atoms with Crippen LogP contribution in [-0.2, 0) is 4.79 Å². The molecule has 6 fully saturated rings. The van der Waals surface area contributed by atoms with Gasteiger partial charge in [0.15, 0.2) is 0 Å². The van der Waals surface area contributed by atoms with Gasteiger partial charge in [-0.2, -0.15) is 13.2 Å². The monoisotopic (exact) mass is 509 g/mol. The van der Waals surface area contributed by atoms with Crippen molar-refractivity contribution in [3.05, 3.63) is 29.1 Å². The molecule has 36 heavy (non-hydrogen) atoms. The number of carbonyl (C=O) groups excluding carboxylic acids is 1. The van der Waals surface area contributed by atoms with Gasteiger partial charge in [0.2, 0.25) is 0 Å². The van der Waals surface area contributed by atoms with Crippen molar-refractivity contribution in [3.63, 3.8) is 0 Å². The molecule has 1 amide bonds. The van der Waals surface area contributed by atoms with E-state index in [4.69, 9.17) is 4.74 Å². The minimum Gasteiger partial charge on any atom is -0.493 e. The number of carboxylic acid groups (broad SMARTS) is 1. The van der Waals surface area contributed by atoms with Crippen LogP contribution in [0.15, 0.2) is 12.1 Å². The molecule has 0 unspecified atom stereocenters. The van der Waals surface area contributed by atoms with Crippen LogP contribution in [0.3, 0.4) is 0 Å². The van der Waals surface area contributed by atoms with Gasteiger partial charge in [0.05, 0.1) is 18.1 Å². The van der Waals surface area contributed by atoms with Crippen molar-refractivity contribution in [1.82, 2.24) is 4.90 Å². The Morgan fingerprint density at radius 3 is 2.17 bits per heavy atom. The molecular weight excluding hydrogens is 478 g/mol. The van der Waals surface area contributed by atoms with Crippen LogP contribution in [0.1, 0.15) is 79.6 Å². The zero-order chi connectivity index (χ0) is 25.4. The molecule has 5 saturated carbocycles. The topological polar surface area (TPSA) is 66.8 Å². The molecule has 2 atom stereocenters. The number of benzene rings is 1. The number of carboxylic acids is 1. The largest absolute Gasteiger partial charge is 0.493 e. The summed E-state index contributed by atoms with van der Waals surface area (Å²) in [6, 6.07) is 0.943. The maximum absolute atomic E-state index is 15.3. The van der Waals surface area contributed by atoms with Crippen molar-refractivity contribution < 1.29 is 37.0 Å². The van der Waals surface area contributed by atoms with Gasteiger partial charge in [-0.25, -0.2) is 9.18 Å². The van der Waals surface area contributed by atoms with Crippen molar-refractivity contribution in [2.24, 2.45) is 29.1 Å². The van der Waals surface area contributed by atoms with Crippen molar-refractivity contribution in [3.8, 4) is 5.75 Å². The van der Waals surface area contributed by atoms with Crippen molar-refractivity contribution in [1.29, 1.82) is 0 Å². The number of nitrogens with zero attached hydrogens (tertiary/aromatic N) is 1. The summed E-state index contributed by atoms with van der Waals surface area (Å²) in [7, 11) is 0. The van der Waals surface area contributed by atoms with E-state index in [2.05, 4.69) is 0 Å². The third kappa shape index (κ3) is 4.26. The van der Waals surface area contributed by atoms with Crippen molar-refractivity contribution in [2.75, 3.05) is 13.2 Å². The molecule has 7 rings (SSSR count). The van der Waals surface area contributed by atoms with E-state index in [1.807, 2.05) is 0 Å². The third-order valence-corrected chi connectivity index (χ3v) is 9.36. The molecule has 1 heterocycles. The Labute approximate surface area is 207 Å². The van der Waals surface area contributed by atoms with Crippen LogP contribution in [0.4, 0.5) is 17.6 Å². The standard InChI is InChI=1S/C27H31F4NO4/c28-21-8-23(36-13-26-9-14-3-15(10-26)5-16(4-14)11-26)19(17-1-2-17)7-20(21)24(33)32-12-18(27(29,30)31)6-22(32)25(34)35/h7-8,14-18,22H,1-6,9-13H2,(H,34,35)/t14?,15?,16?,18-,22-,26?/m0/s1. The molecule has 1 saturated heterocycles. The van der Waals surface area contributed by atoms with Gasteiger partial charge in [0.1, 0.15) is 17.6 Å². The van der Waals surface area contributed by atoms with Gasteiger partial charge in [-0.15, -0.1) is 0 Å². The Morgan fingerprint density at radius 1 is 1.03 bits per heavy atom. The maximum atomic E-state index is 15.3. The minimum atomic E-state index is -4.63. The highest BCUT2D eigenvalue weighted by molar-refractivity contribution is 5.97. The molecule has 4 bridgehead atoms. The summed E-state index contributed by atoms with van der Waals surface area (Å²) in [5.41, 5.74) is 0.438. The lowest BCUT2D eigenvalue weighted by Crippen LogP contribution is -2.48. The summed E-state index contributed by atoms with van der Waals surface area (Å²) in [4.78, 5) is 25.4. The van der Waals surface area contributed by atoms with Gasteiger partial charge in [-0.05, 0) is 93.1 Å². The van der Waals surface area contributed by atoms with Crippen molar-refractivity contribution >= 4 is 11.9 Å². The van der Waals surface area contributed by atoms with Crippen LogP contribution in [0, 0.1) is 34.9 Å². The van der Waals surface area contributed by atoms with Crippen LogP contribution in [0.25, 0.3) is 0 Å². The minimum absolute atomic E-state index is 0.111. The summed E-state index contributed by atoms with van der Waals surface area (Å²) in [5.74, 6) is -2.59. The number of halogens is 4. The van der Waals surface area contributed by atoms with E-state index in [0.717, 1.165) is 49.9 Å². The fourth-order valence-electron chi connectivity index (χ4n) is 7.96. The van der Waals surface area contributed by atoms with Gasteiger partial charge < -0.3 is 14.7 Å². The first kappa shape index (κ1) is 24.0. The average Bonchev–Trinajstić information content (AvgIpc) is 3.51. The maximum Gasteiger partial charge on any atom is 0.393 e. The predicted octanol–water partition coefficient (Wildman–Crippen LogP) is 5.78. The van der Waals surface area contributed by atoms with E-state index < -0.39 is 48.8 Å². The summed E-state index contributed by atoms with van der Waals surface area (Å²) in [5, 5.41) is 9.44. The highest BCUT2D eigenvalue weighted by atomic mass is 19.4. The molecule has 6 aliphatic rings. The van der Waals surface area contributed by atoms with Crippen LogP contribution in [0.5, 0.6) is 5.75 Å². The number of aliphatic carboxylic acids is 1. The lowest BCUT2D eigenvalue weighted by molar-refractivity contribution is -0.170. The molecule has 5 nitrogen and oxygen atoms in total.